The van der Waals surface area contributed by atoms with Crippen LogP contribution >= 0.6 is 0 Å². The highest BCUT2D eigenvalue weighted by atomic mass is 16.5. The van der Waals surface area contributed by atoms with Gasteiger partial charge in [-0.15, -0.1) is 0 Å². The molecule has 0 aliphatic heterocycles. The lowest BCUT2D eigenvalue weighted by Crippen LogP contribution is -2.06. The molecular formula is C30H30O6. The van der Waals surface area contributed by atoms with Crippen LogP contribution in [0.2, 0.25) is 0 Å². The van der Waals surface area contributed by atoms with Gasteiger partial charge < -0.3 is 18.9 Å². The highest BCUT2D eigenvalue weighted by Gasteiger charge is 2.03. The van der Waals surface area contributed by atoms with Gasteiger partial charge in [-0.3, -0.25) is 0 Å². The predicted octanol–water partition coefficient (Wildman–Crippen LogP) is 6.02. The average molecular weight is 487 g/mol. The maximum atomic E-state index is 11.0. The number of esters is 2. The molecule has 186 valence electrons. The number of hydrogen-bond donors (Lipinski definition) is 0. The van der Waals surface area contributed by atoms with E-state index < -0.39 is 11.9 Å². The van der Waals surface area contributed by atoms with Gasteiger partial charge >= 0.3 is 11.9 Å². The van der Waals surface area contributed by atoms with Crippen LogP contribution in [0.4, 0.5) is 0 Å². The predicted molar refractivity (Wildman–Crippen MR) is 140 cm³/mol. The molecule has 0 saturated carbocycles. The summed E-state index contributed by atoms with van der Waals surface area (Å²) < 4.78 is 21.3. The molecule has 0 aliphatic carbocycles. The number of carbonyl (C=O) groups excluding carboxylic acids is 2. The first-order chi connectivity index (χ1) is 17.6. The quantitative estimate of drug-likeness (QED) is 0.158. The minimum absolute atomic E-state index is 0.306. The van der Waals surface area contributed by atoms with Crippen LogP contribution in [-0.2, 0) is 19.1 Å². The van der Waals surface area contributed by atoms with Crippen molar-refractivity contribution in [2.45, 2.75) is 12.8 Å². The zero-order chi connectivity index (χ0) is 25.6. The van der Waals surface area contributed by atoms with Crippen molar-refractivity contribution in [1.82, 2.24) is 0 Å². The van der Waals surface area contributed by atoms with E-state index in [4.69, 9.17) is 18.9 Å². The van der Waals surface area contributed by atoms with Crippen molar-refractivity contribution in [2.75, 3.05) is 26.4 Å². The Balaban J connectivity index is 1.46. The summed E-state index contributed by atoms with van der Waals surface area (Å²) in [5.74, 6) is 0.693. The molecule has 0 atom stereocenters. The molecule has 3 rings (SSSR count). The van der Waals surface area contributed by atoms with E-state index in [-0.39, 0.29) is 0 Å². The van der Waals surface area contributed by atoms with Crippen molar-refractivity contribution in [3.8, 4) is 33.8 Å². The minimum Gasteiger partial charge on any atom is -0.493 e. The van der Waals surface area contributed by atoms with Gasteiger partial charge in [0.05, 0.1) is 26.4 Å². The smallest absolute Gasteiger partial charge is 0.330 e. The topological polar surface area (TPSA) is 71.1 Å². The Morgan fingerprint density at radius 2 is 0.833 bits per heavy atom. The second kappa shape index (κ2) is 14.2. The first-order valence-corrected chi connectivity index (χ1v) is 11.7. The molecule has 0 N–H and O–H groups in total. The lowest BCUT2D eigenvalue weighted by molar-refractivity contribution is -0.138. The molecule has 0 amide bonds. The first-order valence-electron chi connectivity index (χ1n) is 11.7. The van der Waals surface area contributed by atoms with Crippen LogP contribution in [0.3, 0.4) is 0 Å². The molecule has 3 aromatic rings. The number of ether oxygens (including phenoxy) is 4. The summed E-state index contributed by atoms with van der Waals surface area (Å²) in [6.45, 7) is 8.26. The second-order valence-corrected chi connectivity index (χ2v) is 7.77. The summed E-state index contributed by atoms with van der Waals surface area (Å²) >= 11 is 0. The van der Waals surface area contributed by atoms with Crippen LogP contribution in [0, 0.1) is 0 Å². The molecular weight excluding hydrogens is 456 g/mol. The fourth-order valence-corrected chi connectivity index (χ4v) is 3.30. The zero-order valence-electron chi connectivity index (χ0n) is 20.2. The van der Waals surface area contributed by atoms with E-state index in [1.54, 1.807) is 0 Å². The fourth-order valence-electron chi connectivity index (χ4n) is 3.30. The van der Waals surface area contributed by atoms with Gasteiger partial charge in [0.25, 0.3) is 0 Å². The summed E-state index contributed by atoms with van der Waals surface area (Å²) in [4.78, 5) is 22.0. The number of benzene rings is 3. The third-order valence-electron chi connectivity index (χ3n) is 5.20. The van der Waals surface area contributed by atoms with Crippen LogP contribution in [0.5, 0.6) is 11.5 Å². The summed E-state index contributed by atoms with van der Waals surface area (Å²) in [6.07, 6.45) is 3.52. The van der Waals surface area contributed by atoms with Crippen LogP contribution in [-0.4, -0.2) is 38.4 Å². The molecule has 0 radical (unpaired) electrons. The maximum absolute atomic E-state index is 11.0. The Hall–Kier alpha value is -4.32. The van der Waals surface area contributed by atoms with E-state index in [9.17, 15) is 9.59 Å². The number of rotatable bonds is 14. The van der Waals surface area contributed by atoms with Crippen LogP contribution in [0.25, 0.3) is 22.3 Å². The van der Waals surface area contributed by atoms with Crippen LogP contribution in [0.15, 0.2) is 98.1 Å². The van der Waals surface area contributed by atoms with Crippen molar-refractivity contribution in [1.29, 1.82) is 0 Å². The van der Waals surface area contributed by atoms with E-state index >= 15 is 0 Å². The maximum Gasteiger partial charge on any atom is 0.330 e. The molecule has 0 aromatic heterocycles. The monoisotopic (exact) mass is 486 g/mol. The third kappa shape index (κ3) is 8.47. The molecule has 36 heavy (non-hydrogen) atoms. The molecule has 6 heteroatoms. The molecule has 6 nitrogen and oxygen atoms in total. The molecule has 0 unspecified atom stereocenters. The molecule has 0 fully saturated rings. The second-order valence-electron chi connectivity index (χ2n) is 7.77. The van der Waals surface area contributed by atoms with E-state index in [0.717, 1.165) is 45.9 Å². The molecule has 0 aliphatic rings. The Morgan fingerprint density at radius 3 is 1.14 bits per heavy atom. The van der Waals surface area contributed by atoms with E-state index in [1.807, 2.05) is 48.5 Å². The van der Waals surface area contributed by atoms with Crippen molar-refractivity contribution < 1.29 is 28.5 Å². The lowest BCUT2D eigenvalue weighted by atomic mass is 10.0. The SMILES string of the molecule is C=CC(=O)OCCCOc1ccc(-c2ccc(-c3ccc(OCCCOC(=O)C=C)cc3)cc2)cc1. The van der Waals surface area contributed by atoms with Gasteiger partial charge in [0.1, 0.15) is 11.5 Å². The molecule has 0 saturated heterocycles. The van der Waals surface area contributed by atoms with Crippen LogP contribution in [0.1, 0.15) is 12.8 Å². The summed E-state index contributed by atoms with van der Waals surface area (Å²) in [5, 5.41) is 0. The highest BCUT2D eigenvalue weighted by Crippen LogP contribution is 2.27. The summed E-state index contributed by atoms with van der Waals surface area (Å²) in [7, 11) is 0. The van der Waals surface area contributed by atoms with Gasteiger partial charge in [-0.2, -0.15) is 0 Å². The largest absolute Gasteiger partial charge is 0.493 e. The Kier molecular flexibility index (Phi) is 10.3. The van der Waals surface area contributed by atoms with Gasteiger partial charge in [0.15, 0.2) is 0 Å². The van der Waals surface area contributed by atoms with Gasteiger partial charge in [0.2, 0.25) is 0 Å². The highest BCUT2D eigenvalue weighted by molar-refractivity contribution is 5.81. The normalized spacial score (nSPS) is 10.2. The van der Waals surface area contributed by atoms with Gasteiger partial charge in [-0.1, -0.05) is 61.7 Å². The first kappa shape index (κ1) is 26.3. The van der Waals surface area contributed by atoms with Crippen molar-refractivity contribution in [3.63, 3.8) is 0 Å². The van der Waals surface area contributed by atoms with E-state index in [1.165, 1.54) is 0 Å². The Bertz CT molecular complexity index is 1040. The Morgan fingerprint density at radius 1 is 0.528 bits per heavy atom. The van der Waals surface area contributed by atoms with E-state index in [2.05, 4.69) is 37.4 Å². The standard InChI is InChI=1S/C30H30O6/c1-3-29(31)35-21-5-19-33-27-15-11-25(12-16-27)23-7-9-24(10-8-23)26-13-17-28(18-14-26)34-20-6-22-36-30(32)4-2/h3-4,7-18H,1-2,5-6,19-22H2. The summed E-state index contributed by atoms with van der Waals surface area (Å²) in [6, 6.07) is 24.2. The fraction of sp³-hybridized carbons (Fsp3) is 0.200. The minimum atomic E-state index is -0.422. The van der Waals surface area contributed by atoms with Crippen molar-refractivity contribution in [3.05, 3.63) is 98.1 Å². The summed E-state index contributed by atoms with van der Waals surface area (Å²) in [5.41, 5.74) is 4.41. The van der Waals surface area contributed by atoms with Gasteiger partial charge in [-0.25, -0.2) is 9.59 Å². The molecule has 0 bridgehead atoms. The van der Waals surface area contributed by atoms with Gasteiger partial charge in [0, 0.05) is 25.0 Å². The number of carbonyl (C=O) groups is 2. The van der Waals surface area contributed by atoms with Crippen LogP contribution < -0.4 is 9.47 Å². The van der Waals surface area contributed by atoms with E-state index in [0.29, 0.717) is 39.3 Å². The Labute approximate surface area is 211 Å². The average Bonchev–Trinajstić information content (AvgIpc) is 2.93. The van der Waals surface area contributed by atoms with Crippen molar-refractivity contribution >= 4 is 11.9 Å². The van der Waals surface area contributed by atoms with Crippen molar-refractivity contribution in [2.24, 2.45) is 0 Å². The number of hydrogen-bond acceptors (Lipinski definition) is 6. The lowest BCUT2D eigenvalue weighted by Gasteiger charge is -2.09. The third-order valence-corrected chi connectivity index (χ3v) is 5.20. The molecule has 3 aromatic carbocycles. The molecule has 0 heterocycles. The zero-order valence-corrected chi connectivity index (χ0v) is 20.2. The van der Waals surface area contributed by atoms with Gasteiger partial charge in [-0.05, 0) is 46.5 Å². The molecule has 0 spiro atoms.